The summed E-state index contributed by atoms with van der Waals surface area (Å²) < 4.78 is 15.6. The van der Waals surface area contributed by atoms with E-state index >= 15 is 0 Å². The fraction of sp³-hybridized carbons (Fsp3) is 0.176. The summed E-state index contributed by atoms with van der Waals surface area (Å²) in [6.07, 6.45) is -0.922. The standard InChI is InChI=1S/C17H15N3O7/c1-25-12-8-7-11-13(14(12)26-2)17(22)27-16(11)19-18-15(21)9-3-5-10(6-4-9)20(23)24/h3-8,16,19H,1-2H3,(H,18,21). The van der Waals surface area contributed by atoms with E-state index in [0.29, 0.717) is 11.3 Å². The van der Waals surface area contributed by atoms with Crippen molar-refractivity contribution in [1.29, 1.82) is 0 Å². The van der Waals surface area contributed by atoms with Gasteiger partial charge in [0.05, 0.1) is 19.1 Å². The number of methoxy groups -OCH3 is 2. The van der Waals surface area contributed by atoms with Crippen LogP contribution in [0, 0.1) is 10.1 Å². The quantitative estimate of drug-likeness (QED) is 0.445. The molecule has 0 aliphatic carbocycles. The van der Waals surface area contributed by atoms with Crippen LogP contribution in [0.15, 0.2) is 36.4 Å². The Kier molecular flexibility index (Phi) is 4.90. The highest BCUT2D eigenvalue weighted by molar-refractivity contribution is 5.98. The van der Waals surface area contributed by atoms with Gasteiger partial charge < -0.3 is 14.2 Å². The number of amides is 1. The van der Waals surface area contributed by atoms with Gasteiger partial charge in [-0.05, 0) is 24.3 Å². The average molecular weight is 373 g/mol. The summed E-state index contributed by atoms with van der Waals surface area (Å²) in [5.74, 6) is -0.549. The van der Waals surface area contributed by atoms with Crippen molar-refractivity contribution in [3.05, 3.63) is 63.2 Å². The molecule has 0 aromatic heterocycles. The molecule has 0 bridgehead atoms. The first-order valence-corrected chi connectivity index (χ1v) is 7.72. The van der Waals surface area contributed by atoms with E-state index in [1.54, 1.807) is 12.1 Å². The monoisotopic (exact) mass is 373 g/mol. The van der Waals surface area contributed by atoms with Crippen molar-refractivity contribution in [3.8, 4) is 11.5 Å². The van der Waals surface area contributed by atoms with E-state index in [9.17, 15) is 19.7 Å². The van der Waals surface area contributed by atoms with Crippen molar-refractivity contribution in [1.82, 2.24) is 10.9 Å². The molecule has 27 heavy (non-hydrogen) atoms. The molecule has 10 heteroatoms. The Bertz CT molecular complexity index is 911. The summed E-state index contributed by atoms with van der Waals surface area (Å²) in [4.78, 5) is 34.4. The van der Waals surface area contributed by atoms with Crippen LogP contribution in [-0.4, -0.2) is 31.0 Å². The molecule has 0 saturated carbocycles. The zero-order valence-corrected chi connectivity index (χ0v) is 14.3. The summed E-state index contributed by atoms with van der Waals surface area (Å²) in [6.45, 7) is 0. The summed E-state index contributed by atoms with van der Waals surface area (Å²) in [6, 6.07) is 8.31. The molecule has 0 spiro atoms. The molecule has 2 N–H and O–H groups in total. The van der Waals surface area contributed by atoms with Crippen LogP contribution in [0.5, 0.6) is 11.5 Å². The number of esters is 1. The first-order valence-electron chi connectivity index (χ1n) is 7.72. The Hall–Kier alpha value is -3.66. The number of rotatable bonds is 6. The van der Waals surface area contributed by atoms with Gasteiger partial charge in [0.2, 0.25) is 0 Å². The minimum absolute atomic E-state index is 0.126. The van der Waals surface area contributed by atoms with Crippen LogP contribution in [0.3, 0.4) is 0 Å². The molecule has 2 aromatic carbocycles. The normalized spacial score (nSPS) is 14.9. The second-order valence-electron chi connectivity index (χ2n) is 5.45. The first-order chi connectivity index (χ1) is 13.0. The van der Waals surface area contributed by atoms with Gasteiger partial charge in [-0.3, -0.25) is 20.3 Å². The van der Waals surface area contributed by atoms with E-state index in [0.717, 1.165) is 0 Å². The van der Waals surface area contributed by atoms with Crippen LogP contribution in [-0.2, 0) is 4.74 Å². The molecule has 2 aromatic rings. The van der Waals surface area contributed by atoms with E-state index < -0.39 is 23.0 Å². The zero-order valence-electron chi connectivity index (χ0n) is 14.3. The number of benzene rings is 2. The van der Waals surface area contributed by atoms with E-state index in [1.807, 2.05) is 0 Å². The third-order valence-electron chi connectivity index (χ3n) is 3.95. The molecule has 0 saturated heterocycles. The van der Waals surface area contributed by atoms with E-state index in [-0.39, 0.29) is 22.6 Å². The smallest absolute Gasteiger partial charge is 0.344 e. The Morgan fingerprint density at radius 2 is 1.85 bits per heavy atom. The maximum atomic E-state index is 12.2. The summed E-state index contributed by atoms with van der Waals surface area (Å²) in [5.41, 5.74) is 5.78. The van der Waals surface area contributed by atoms with Crippen LogP contribution in [0.4, 0.5) is 5.69 Å². The molecule has 0 fully saturated rings. The fourth-order valence-electron chi connectivity index (χ4n) is 2.65. The summed E-state index contributed by atoms with van der Waals surface area (Å²) in [7, 11) is 2.85. The second-order valence-corrected chi connectivity index (χ2v) is 5.45. The predicted octanol–water partition coefficient (Wildman–Crippen LogP) is 1.72. The number of carbonyl (C=O) groups excluding carboxylic acids is 2. The number of nitrogens with one attached hydrogen (secondary N) is 2. The molecule has 1 aliphatic heterocycles. The minimum atomic E-state index is -0.922. The first kappa shape index (κ1) is 18.1. The lowest BCUT2D eigenvalue weighted by molar-refractivity contribution is -0.384. The fourth-order valence-corrected chi connectivity index (χ4v) is 2.65. The lowest BCUT2D eigenvalue weighted by atomic mass is 10.1. The number of ether oxygens (including phenoxy) is 3. The number of hydrogen-bond acceptors (Lipinski definition) is 8. The van der Waals surface area contributed by atoms with Crippen LogP contribution in [0.1, 0.15) is 32.5 Å². The third-order valence-corrected chi connectivity index (χ3v) is 3.95. The van der Waals surface area contributed by atoms with Gasteiger partial charge in [-0.1, -0.05) is 0 Å². The van der Waals surface area contributed by atoms with Gasteiger partial charge in [-0.15, -0.1) is 0 Å². The van der Waals surface area contributed by atoms with Gasteiger partial charge in [-0.25, -0.2) is 4.79 Å². The number of hydrogen-bond donors (Lipinski definition) is 2. The molecule has 3 rings (SSSR count). The lowest BCUT2D eigenvalue weighted by Gasteiger charge is -2.14. The highest BCUT2D eigenvalue weighted by atomic mass is 16.6. The summed E-state index contributed by atoms with van der Waals surface area (Å²) >= 11 is 0. The molecule has 10 nitrogen and oxygen atoms in total. The van der Waals surface area contributed by atoms with Crippen molar-refractivity contribution in [2.24, 2.45) is 0 Å². The number of hydrazine groups is 1. The van der Waals surface area contributed by atoms with Crippen molar-refractivity contribution < 1.29 is 28.7 Å². The topological polar surface area (TPSA) is 129 Å². The second kappa shape index (κ2) is 7.30. The zero-order chi connectivity index (χ0) is 19.6. The van der Waals surface area contributed by atoms with Crippen LogP contribution in [0.25, 0.3) is 0 Å². The average Bonchev–Trinajstić information content (AvgIpc) is 3.01. The maximum absolute atomic E-state index is 12.2. The Morgan fingerprint density at radius 3 is 2.44 bits per heavy atom. The van der Waals surface area contributed by atoms with Gasteiger partial charge in [0.15, 0.2) is 17.7 Å². The number of nitrogens with zero attached hydrogens (tertiary/aromatic N) is 1. The highest BCUT2D eigenvalue weighted by Gasteiger charge is 2.36. The van der Waals surface area contributed by atoms with E-state index in [2.05, 4.69) is 10.9 Å². The predicted molar refractivity (Wildman–Crippen MR) is 91.4 cm³/mol. The Morgan fingerprint density at radius 1 is 1.15 bits per heavy atom. The van der Waals surface area contributed by atoms with E-state index in [4.69, 9.17) is 14.2 Å². The molecule has 1 heterocycles. The van der Waals surface area contributed by atoms with Crippen molar-refractivity contribution in [2.75, 3.05) is 14.2 Å². The molecular formula is C17H15N3O7. The Labute approximate surface area is 153 Å². The van der Waals surface area contributed by atoms with Gasteiger partial charge >= 0.3 is 5.97 Å². The van der Waals surface area contributed by atoms with Gasteiger partial charge in [-0.2, -0.15) is 5.43 Å². The minimum Gasteiger partial charge on any atom is -0.493 e. The molecule has 0 radical (unpaired) electrons. The highest BCUT2D eigenvalue weighted by Crippen LogP contribution is 2.40. The molecular weight excluding hydrogens is 358 g/mol. The summed E-state index contributed by atoms with van der Waals surface area (Å²) in [5, 5.41) is 10.7. The number of fused-ring (bicyclic) bond motifs is 1. The van der Waals surface area contributed by atoms with Crippen molar-refractivity contribution >= 4 is 17.6 Å². The molecule has 1 amide bonds. The van der Waals surface area contributed by atoms with Crippen molar-refractivity contribution in [3.63, 3.8) is 0 Å². The van der Waals surface area contributed by atoms with Gasteiger partial charge in [0.25, 0.3) is 11.6 Å². The Balaban J connectivity index is 1.74. The van der Waals surface area contributed by atoms with Gasteiger partial charge in [0.1, 0.15) is 5.56 Å². The molecule has 140 valence electrons. The third kappa shape index (κ3) is 3.37. The lowest BCUT2D eigenvalue weighted by Crippen LogP contribution is -2.40. The maximum Gasteiger partial charge on any atom is 0.344 e. The largest absolute Gasteiger partial charge is 0.493 e. The molecule has 1 atom stereocenters. The SMILES string of the molecule is COc1ccc2c(c1OC)C(=O)OC2NNC(=O)c1ccc([N+](=O)[O-])cc1. The van der Waals surface area contributed by atoms with Crippen LogP contribution in [0.2, 0.25) is 0 Å². The molecule has 1 unspecified atom stereocenters. The van der Waals surface area contributed by atoms with Crippen LogP contribution < -0.4 is 20.3 Å². The van der Waals surface area contributed by atoms with Crippen molar-refractivity contribution in [2.45, 2.75) is 6.23 Å². The molecule has 1 aliphatic rings. The number of nitro benzene ring substituents is 1. The van der Waals surface area contributed by atoms with E-state index in [1.165, 1.54) is 38.5 Å². The number of carbonyl (C=O) groups is 2. The van der Waals surface area contributed by atoms with Gasteiger partial charge in [0, 0.05) is 23.3 Å². The van der Waals surface area contributed by atoms with Crippen LogP contribution >= 0.6 is 0 Å². The number of cyclic esters (lactones) is 1. The number of nitro groups is 1. The number of non-ortho nitro benzene ring substituents is 1.